The number of thiocarbonyl (C=S) groups is 1. The van der Waals surface area contributed by atoms with Crippen LogP contribution in [-0.2, 0) is 4.74 Å². The lowest BCUT2D eigenvalue weighted by atomic mass is 10.2. The number of hydrazone groups is 1. The molecule has 0 unspecified atom stereocenters. The lowest BCUT2D eigenvalue weighted by molar-refractivity contribution is -0.908. The van der Waals surface area contributed by atoms with Crippen molar-refractivity contribution in [3.63, 3.8) is 0 Å². The third-order valence-electron chi connectivity index (χ3n) is 3.65. The van der Waals surface area contributed by atoms with Crippen LogP contribution in [0.1, 0.15) is 12.0 Å². The van der Waals surface area contributed by atoms with Gasteiger partial charge in [0.05, 0.1) is 30.9 Å². The van der Waals surface area contributed by atoms with Crippen LogP contribution in [0.2, 0.25) is 0 Å². The minimum absolute atomic E-state index is 0.0327. The van der Waals surface area contributed by atoms with Gasteiger partial charge in [0.1, 0.15) is 13.1 Å². The third kappa shape index (κ3) is 6.57. The average Bonchev–Trinajstić information content (AvgIpc) is 2.60. The predicted octanol–water partition coefficient (Wildman–Crippen LogP) is -0.302. The van der Waals surface area contributed by atoms with Crippen LogP contribution < -0.4 is 15.6 Å². The fourth-order valence-corrected chi connectivity index (χ4v) is 2.53. The first-order valence-corrected chi connectivity index (χ1v) is 8.28. The molecule has 0 saturated carbocycles. The first-order chi connectivity index (χ1) is 11.6. The van der Waals surface area contributed by atoms with Crippen LogP contribution >= 0.6 is 12.2 Å². The number of rotatable bonds is 7. The van der Waals surface area contributed by atoms with Crippen molar-refractivity contribution in [3.05, 3.63) is 39.9 Å². The summed E-state index contributed by atoms with van der Waals surface area (Å²) < 4.78 is 5.33. The van der Waals surface area contributed by atoms with Crippen molar-refractivity contribution in [2.24, 2.45) is 5.10 Å². The predicted molar refractivity (Wildman–Crippen MR) is 95.4 cm³/mol. The van der Waals surface area contributed by atoms with Gasteiger partial charge >= 0.3 is 0 Å². The molecule has 1 heterocycles. The highest BCUT2D eigenvalue weighted by Crippen LogP contribution is 2.11. The number of hydrogen-bond donors (Lipinski definition) is 3. The maximum absolute atomic E-state index is 10.7. The van der Waals surface area contributed by atoms with Crippen molar-refractivity contribution in [2.45, 2.75) is 6.42 Å². The highest BCUT2D eigenvalue weighted by molar-refractivity contribution is 7.80. The van der Waals surface area contributed by atoms with Gasteiger partial charge in [0, 0.05) is 30.7 Å². The van der Waals surface area contributed by atoms with E-state index in [0.29, 0.717) is 10.7 Å². The molecule has 24 heavy (non-hydrogen) atoms. The number of nitrogens with one attached hydrogen (secondary N) is 3. The zero-order chi connectivity index (χ0) is 17.2. The highest BCUT2D eigenvalue weighted by atomic mass is 32.1. The van der Waals surface area contributed by atoms with Crippen LogP contribution in [0.15, 0.2) is 29.4 Å². The van der Waals surface area contributed by atoms with E-state index in [1.165, 1.54) is 18.3 Å². The van der Waals surface area contributed by atoms with E-state index in [2.05, 4.69) is 15.8 Å². The van der Waals surface area contributed by atoms with E-state index in [4.69, 9.17) is 17.0 Å². The van der Waals surface area contributed by atoms with Gasteiger partial charge in [-0.1, -0.05) is 12.1 Å². The second kappa shape index (κ2) is 9.91. The Kier molecular flexibility index (Phi) is 7.53. The Morgan fingerprint density at radius 2 is 2.25 bits per heavy atom. The summed E-state index contributed by atoms with van der Waals surface area (Å²) >= 11 is 5.14. The van der Waals surface area contributed by atoms with Crippen LogP contribution in [0.4, 0.5) is 5.69 Å². The Morgan fingerprint density at radius 3 is 3.00 bits per heavy atom. The molecule has 1 aromatic carbocycles. The van der Waals surface area contributed by atoms with Crippen LogP contribution in [0.5, 0.6) is 0 Å². The lowest BCUT2D eigenvalue weighted by Crippen LogP contribution is -3.14. The van der Waals surface area contributed by atoms with E-state index in [0.717, 1.165) is 45.8 Å². The normalized spacial score (nSPS) is 15.3. The third-order valence-corrected chi connectivity index (χ3v) is 3.89. The molecular weight excluding hydrogens is 330 g/mol. The zero-order valence-corrected chi connectivity index (χ0v) is 14.2. The summed E-state index contributed by atoms with van der Waals surface area (Å²) in [6.07, 6.45) is 2.52. The van der Waals surface area contributed by atoms with Gasteiger partial charge in [-0.25, -0.2) is 0 Å². The number of nitro benzene ring substituents is 1. The van der Waals surface area contributed by atoms with Crippen LogP contribution in [0.3, 0.4) is 0 Å². The van der Waals surface area contributed by atoms with Gasteiger partial charge in [-0.15, -0.1) is 0 Å². The van der Waals surface area contributed by atoms with Gasteiger partial charge in [0.15, 0.2) is 5.11 Å². The summed E-state index contributed by atoms with van der Waals surface area (Å²) in [4.78, 5) is 11.8. The molecule has 0 spiro atoms. The van der Waals surface area contributed by atoms with Crippen molar-refractivity contribution >= 4 is 29.2 Å². The largest absolute Gasteiger partial charge is 0.370 e. The molecule has 8 nitrogen and oxygen atoms in total. The van der Waals surface area contributed by atoms with E-state index in [1.54, 1.807) is 17.0 Å². The van der Waals surface area contributed by atoms with Crippen molar-refractivity contribution in [1.29, 1.82) is 0 Å². The SMILES string of the molecule is O=[N+]([O-])c1cccc(/C=N\NC(=S)NCCC[NH+]2CCOCC2)c1. The Labute approximate surface area is 146 Å². The van der Waals surface area contributed by atoms with Gasteiger partial charge < -0.3 is 15.0 Å². The fraction of sp³-hybridized carbons (Fsp3) is 0.467. The molecule has 1 aromatic rings. The van der Waals surface area contributed by atoms with Crippen molar-refractivity contribution in [2.75, 3.05) is 39.4 Å². The molecule has 0 aliphatic carbocycles. The zero-order valence-electron chi connectivity index (χ0n) is 13.4. The number of hydrogen-bond acceptors (Lipinski definition) is 5. The molecule has 0 aromatic heterocycles. The number of ether oxygens (including phenoxy) is 1. The summed E-state index contributed by atoms with van der Waals surface area (Å²) in [5.41, 5.74) is 3.38. The van der Waals surface area contributed by atoms with Crippen LogP contribution in [-0.4, -0.2) is 55.6 Å². The summed E-state index contributed by atoms with van der Waals surface area (Å²) in [5, 5.41) is 18.2. The molecule has 3 N–H and O–H groups in total. The Morgan fingerprint density at radius 1 is 1.46 bits per heavy atom. The summed E-state index contributed by atoms with van der Waals surface area (Å²) in [6, 6.07) is 6.24. The Hall–Kier alpha value is -2.10. The number of nitro groups is 1. The van der Waals surface area contributed by atoms with E-state index >= 15 is 0 Å². The molecule has 0 bridgehead atoms. The number of non-ortho nitro benzene ring substituents is 1. The molecular formula is C15H22N5O3S+. The summed E-state index contributed by atoms with van der Waals surface area (Å²) in [5.74, 6) is 0. The molecule has 0 amide bonds. The fourth-order valence-electron chi connectivity index (χ4n) is 2.37. The molecule has 0 radical (unpaired) electrons. The summed E-state index contributed by atoms with van der Waals surface area (Å²) in [7, 11) is 0. The molecule has 1 aliphatic heterocycles. The van der Waals surface area contributed by atoms with Gasteiger partial charge in [-0.05, 0) is 12.2 Å². The van der Waals surface area contributed by atoms with Crippen LogP contribution in [0.25, 0.3) is 0 Å². The van der Waals surface area contributed by atoms with Gasteiger partial charge in [-0.2, -0.15) is 5.10 Å². The van der Waals surface area contributed by atoms with Crippen LogP contribution in [0, 0.1) is 10.1 Å². The van der Waals surface area contributed by atoms with Gasteiger partial charge in [-0.3, -0.25) is 15.5 Å². The minimum Gasteiger partial charge on any atom is -0.370 e. The second-order valence-corrected chi connectivity index (χ2v) is 5.85. The Balaban J connectivity index is 1.63. The standard InChI is InChI=1S/C15H21N5O3S/c21-20(22)14-4-1-3-13(11-14)12-17-18-15(24)16-5-2-6-19-7-9-23-10-8-19/h1,3-4,11-12H,2,5-10H2,(H2,16,18,24)/p+1/b17-12-. The highest BCUT2D eigenvalue weighted by Gasteiger charge is 2.12. The molecule has 1 aliphatic rings. The first kappa shape index (κ1) is 18.2. The average molecular weight is 352 g/mol. The van der Waals surface area contributed by atoms with Crippen molar-refractivity contribution in [1.82, 2.24) is 10.7 Å². The van der Waals surface area contributed by atoms with E-state index in [9.17, 15) is 10.1 Å². The van der Waals surface area contributed by atoms with Gasteiger partial charge in [0.25, 0.3) is 5.69 Å². The molecule has 9 heteroatoms. The van der Waals surface area contributed by atoms with E-state index < -0.39 is 4.92 Å². The molecule has 1 fully saturated rings. The molecule has 0 atom stereocenters. The maximum atomic E-state index is 10.7. The number of morpholine rings is 1. The number of quaternary nitrogens is 1. The maximum Gasteiger partial charge on any atom is 0.270 e. The number of benzene rings is 1. The Bertz CT molecular complexity index is 590. The number of nitrogens with zero attached hydrogens (tertiary/aromatic N) is 2. The topological polar surface area (TPSA) is 93.2 Å². The second-order valence-electron chi connectivity index (χ2n) is 5.44. The van der Waals surface area contributed by atoms with E-state index in [1.807, 2.05) is 0 Å². The quantitative estimate of drug-likeness (QED) is 0.205. The molecule has 130 valence electrons. The molecule has 2 rings (SSSR count). The van der Waals surface area contributed by atoms with E-state index in [-0.39, 0.29) is 5.69 Å². The monoisotopic (exact) mass is 352 g/mol. The molecule has 1 saturated heterocycles. The first-order valence-electron chi connectivity index (χ1n) is 7.88. The summed E-state index contributed by atoms with van der Waals surface area (Å²) in [6.45, 7) is 5.69. The minimum atomic E-state index is -0.437. The van der Waals surface area contributed by atoms with Crippen molar-refractivity contribution < 1.29 is 14.6 Å². The smallest absolute Gasteiger partial charge is 0.270 e. The van der Waals surface area contributed by atoms with Gasteiger partial charge in [0.2, 0.25) is 0 Å². The van der Waals surface area contributed by atoms with Crippen molar-refractivity contribution in [3.8, 4) is 0 Å². The lowest BCUT2D eigenvalue weighted by Gasteiger charge is -2.23.